The van der Waals surface area contributed by atoms with Crippen molar-refractivity contribution in [1.29, 1.82) is 0 Å². The van der Waals surface area contributed by atoms with Crippen LogP contribution in [0.2, 0.25) is 0 Å². The van der Waals surface area contributed by atoms with Crippen molar-refractivity contribution in [3.05, 3.63) is 29.8 Å². The molecular formula is C14H24N2O. The van der Waals surface area contributed by atoms with Gasteiger partial charge in [0.15, 0.2) is 0 Å². The Morgan fingerprint density at radius 3 is 2.65 bits per heavy atom. The average molecular weight is 236 g/mol. The van der Waals surface area contributed by atoms with Crippen LogP contribution in [0.4, 0.5) is 0 Å². The molecule has 0 fully saturated rings. The van der Waals surface area contributed by atoms with Gasteiger partial charge in [-0.25, -0.2) is 0 Å². The summed E-state index contributed by atoms with van der Waals surface area (Å²) in [5, 5.41) is 3.52. The summed E-state index contributed by atoms with van der Waals surface area (Å²) in [6, 6.07) is 8.67. The minimum Gasteiger partial charge on any atom is -0.496 e. The van der Waals surface area contributed by atoms with E-state index in [1.165, 1.54) is 5.56 Å². The average Bonchev–Trinajstić information content (AvgIpc) is 2.29. The Morgan fingerprint density at radius 2 is 2.00 bits per heavy atom. The van der Waals surface area contributed by atoms with Crippen LogP contribution in [0.25, 0.3) is 0 Å². The number of methoxy groups -OCH3 is 1. The molecule has 0 bridgehead atoms. The molecule has 0 saturated carbocycles. The lowest BCUT2D eigenvalue weighted by molar-refractivity contribution is 0.382. The predicted molar refractivity (Wildman–Crippen MR) is 72.7 cm³/mol. The van der Waals surface area contributed by atoms with E-state index in [9.17, 15) is 0 Å². The lowest BCUT2D eigenvalue weighted by atomic mass is 10.1. The number of likely N-dealkylation sites (N-methyl/N-ethyl adjacent to an activating group) is 1. The Labute approximate surface area is 105 Å². The summed E-state index contributed by atoms with van der Waals surface area (Å²) in [6.45, 7) is 4.29. The molecule has 0 aliphatic rings. The summed E-state index contributed by atoms with van der Waals surface area (Å²) >= 11 is 0. The molecule has 0 amide bonds. The van der Waals surface area contributed by atoms with Crippen LogP contribution in [0.3, 0.4) is 0 Å². The number of nitrogens with zero attached hydrogens (tertiary/aromatic N) is 1. The largest absolute Gasteiger partial charge is 0.496 e. The highest BCUT2D eigenvalue weighted by Gasteiger charge is 2.07. The summed E-state index contributed by atoms with van der Waals surface area (Å²) in [6.07, 6.45) is 0.997. The zero-order valence-electron chi connectivity index (χ0n) is 11.4. The van der Waals surface area contributed by atoms with Crippen LogP contribution in [0.5, 0.6) is 5.75 Å². The summed E-state index contributed by atoms with van der Waals surface area (Å²) in [4.78, 5) is 2.18. The Balaban J connectivity index is 2.41. The standard InChI is InChI=1S/C14H24N2O/c1-12(15-9-10-16(2)3)11-13-7-5-6-8-14(13)17-4/h5-8,12,15H,9-11H2,1-4H3/t12-/m0/s1. The fraction of sp³-hybridized carbons (Fsp3) is 0.571. The van der Waals surface area contributed by atoms with Gasteiger partial charge in [0.05, 0.1) is 7.11 Å². The van der Waals surface area contributed by atoms with E-state index in [-0.39, 0.29) is 0 Å². The predicted octanol–water partition coefficient (Wildman–Crippen LogP) is 1.78. The maximum absolute atomic E-state index is 5.35. The summed E-state index contributed by atoms with van der Waals surface area (Å²) in [5.74, 6) is 0.980. The fourth-order valence-corrected chi connectivity index (χ4v) is 1.81. The van der Waals surface area contributed by atoms with E-state index in [0.717, 1.165) is 25.3 Å². The maximum Gasteiger partial charge on any atom is 0.122 e. The second-order valence-corrected chi connectivity index (χ2v) is 4.67. The highest BCUT2D eigenvalue weighted by molar-refractivity contribution is 5.33. The topological polar surface area (TPSA) is 24.5 Å². The molecular weight excluding hydrogens is 212 g/mol. The van der Waals surface area contributed by atoms with Gasteiger partial charge >= 0.3 is 0 Å². The first-order chi connectivity index (χ1) is 8.13. The molecule has 0 spiro atoms. The van der Waals surface area contributed by atoms with Gasteiger partial charge in [-0.3, -0.25) is 0 Å². The van der Waals surface area contributed by atoms with E-state index in [1.54, 1.807) is 7.11 Å². The molecule has 1 rings (SSSR count). The molecule has 0 aromatic heterocycles. The van der Waals surface area contributed by atoms with Gasteiger partial charge in [-0.15, -0.1) is 0 Å². The zero-order valence-corrected chi connectivity index (χ0v) is 11.4. The van der Waals surface area contributed by atoms with Crippen LogP contribution in [-0.2, 0) is 6.42 Å². The number of hydrogen-bond acceptors (Lipinski definition) is 3. The Kier molecular flexibility index (Phi) is 6.01. The van der Waals surface area contributed by atoms with E-state index < -0.39 is 0 Å². The molecule has 0 heterocycles. The van der Waals surface area contributed by atoms with Crippen LogP contribution in [0, 0.1) is 0 Å². The second kappa shape index (κ2) is 7.30. The molecule has 0 unspecified atom stereocenters. The Hall–Kier alpha value is -1.06. The second-order valence-electron chi connectivity index (χ2n) is 4.67. The van der Waals surface area contributed by atoms with Crippen LogP contribution in [-0.4, -0.2) is 45.2 Å². The zero-order chi connectivity index (χ0) is 12.7. The normalized spacial score (nSPS) is 12.8. The van der Waals surface area contributed by atoms with Gasteiger partial charge < -0.3 is 15.0 Å². The molecule has 1 aromatic rings. The van der Waals surface area contributed by atoms with E-state index >= 15 is 0 Å². The SMILES string of the molecule is COc1ccccc1C[C@H](C)NCCN(C)C. The van der Waals surface area contributed by atoms with Crippen molar-refractivity contribution < 1.29 is 4.74 Å². The van der Waals surface area contributed by atoms with E-state index in [4.69, 9.17) is 4.74 Å². The van der Waals surface area contributed by atoms with Crippen molar-refractivity contribution in [3.63, 3.8) is 0 Å². The van der Waals surface area contributed by atoms with Crippen molar-refractivity contribution in [1.82, 2.24) is 10.2 Å². The van der Waals surface area contributed by atoms with Crippen molar-refractivity contribution in [2.45, 2.75) is 19.4 Å². The van der Waals surface area contributed by atoms with Crippen molar-refractivity contribution >= 4 is 0 Å². The molecule has 1 aromatic carbocycles. The highest BCUT2D eigenvalue weighted by atomic mass is 16.5. The fourth-order valence-electron chi connectivity index (χ4n) is 1.81. The number of ether oxygens (including phenoxy) is 1. The monoisotopic (exact) mass is 236 g/mol. The molecule has 1 N–H and O–H groups in total. The molecule has 0 saturated heterocycles. The third kappa shape index (κ3) is 5.20. The number of para-hydroxylation sites is 1. The van der Waals surface area contributed by atoms with Gasteiger partial charge in [0.25, 0.3) is 0 Å². The van der Waals surface area contributed by atoms with Crippen LogP contribution in [0.15, 0.2) is 24.3 Å². The van der Waals surface area contributed by atoms with Gasteiger partial charge in [0.2, 0.25) is 0 Å². The van der Waals surface area contributed by atoms with E-state index in [1.807, 2.05) is 12.1 Å². The first-order valence-electron chi connectivity index (χ1n) is 6.13. The van der Waals surface area contributed by atoms with Crippen LogP contribution < -0.4 is 10.1 Å². The maximum atomic E-state index is 5.35. The molecule has 0 radical (unpaired) electrons. The summed E-state index contributed by atoms with van der Waals surface area (Å²) in [5.41, 5.74) is 1.26. The first kappa shape index (κ1) is 14.0. The van der Waals surface area contributed by atoms with Crippen LogP contribution in [0.1, 0.15) is 12.5 Å². The van der Waals surface area contributed by atoms with Crippen molar-refractivity contribution in [3.8, 4) is 5.75 Å². The molecule has 96 valence electrons. The minimum atomic E-state index is 0.464. The molecule has 3 heteroatoms. The lowest BCUT2D eigenvalue weighted by Crippen LogP contribution is -2.34. The molecule has 1 atom stereocenters. The van der Waals surface area contributed by atoms with Crippen molar-refractivity contribution in [2.24, 2.45) is 0 Å². The first-order valence-corrected chi connectivity index (χ1v) is 6.13. The summed E-state index contributed by atoms with van der Waals surface area (Å²) in [7, 11) is 5.90. The Bertz CT molecular complexity index is 326. The van der Waals surface area contributed by atoms with E-state index in [0.29, 0.717) is 6.04 Å². The quantitative estimate of drug-likeness (QED) is 0.781. The highest BCUT2D eigenvalue weighted by Crippen LogP contribution is 2.18. The van der Waals surface area contributed by atoms with Gasteiger partial charge in [-0.05, 0) is 39.1 Å². The number of hydrogen-bond donors (Lipinski definition) is 1. The third-order valence-corrected chi connectivity index (χ3v) is 2.77. The summed E-state index contributed by atoms with van der Waals surface area (Å²) < 4.78 is 5.35. The van der Waals surface area contributed by atoms with Gasteiger partial charge in [-0.1, -0.05) is 18.2 Å². The van der Waals surface area contributed by atoms with Gasteiger partial charge in [-0.2, -0.15) is 0 Å². The Morgan fingerprint density at radius 1 is 1.29 bits per heavy atom. The third-order valence-electron chi connectivity index (χ3n) is 2.77. The minimum absolute atomic E-state index is 0.464. The van der Waals surface area contributed by atoms with Crippen molar-refractivity contribution in [2.75, 3.05) is 34.3 Å². The number of benzene rings is 1. The molecule has 0 aliphatic heterocycles. The molecule has 3 nitrogen and oxygen atoms in total. The van der Waals surface area contributed by atoms with Crippen LogP contribution >= 0.6 is 0 Å². The van der Waals surface area contributed by atoms with Gasteiger partial charge in [0, 0.05) is 19.1 Å². The van der Waals surface area contributed by atoms with Gasteiger partial charge in [0.1, 0.15) is 5.75 Å². The smallest absolute Gasteiger partial charge is 0.122 e. The van der Waals surface area contributed by atoms with E-state index in [2.05, 4.69) is 43.4 Å². The number of rotatable bonds is 7. The molecule has 17 heavy (non-hydrogen) atoms. The number of nitrogens with one attached hydrogen (secondary N) is 1. The molecule has 0 aliphatic carbocycles. The lowest BCUT2D eigenvalue weighted by Gasteiger charge is -2.17.